The Kier molecular flexibility index (Phi) is 3.65. The number of hydrogen-bond donors (Lipinski definition) is 1. The van der Waals surface area contributed by atoms with Gasteiger partial charge in [-0.05, 0) is 46.2 Å². The molecule has 0 saturated carbocycles. The van der Waals surface area contributed by atoms with E-state index < -0.39 is 18.3 Å². The Labute approximate surface area is 120 Å². The molecule has 0 radical (unpaired) electrons. The van der Waals surface area contributed by atoms with Gasteiger partial charge in [0.15, 0.2) is 0 Å². The highest BCUT2D eigenvalue weighted by Crippen LogP contribution is 2.36. The average molecular weight is 276 g/mol. The minimum Gasteiger partial charge on any atom is -0.398 e. The fraction of sp³-hybridized carbons (Fsp3) is 0.571. The normalized spacial score (nSPS) is 20.0. The van der Waals surface area contributed by atoms with Crippen molar-refractivity contribution in [3.05, 3.63) is 23.4 Å². The van der Waals surface area contributed by atoms with E-state index in [9.17, 15) is 4.79 Å². The molecule has 2 rings (SSSR count). The molecule has 1 aromatic rings. The molecular weight excluding hydrogens is 255 g/mol. The van der Waals surface area contributed by atoms with E-state index in [1.807, 2.05) is 34.6 Å². The summed E-state index contributed by atoms with van der Waals surface area (Å²) in [6, 6.07) is 1.80. The maximum atomic E-state index is 12.0. The summed E-state index contributed by atoms with van der Waals surface area (Å²) in [4.78, 5) is 16.4. The van der Waals surface area contributed by atoms with Gasteiger partial charge in [-0.15, -0.1) is 0 Å². The molecule has 5 nitrogen and oxygen atoms in total. The molecule has 2 heterocycles. The number of amides is 1. The second kappa shape index (κ2) is 4.86. The van der Waals surface area contributed by atoms with E-state index in [1.54, 1.807) is 19.3 Å². The molecule has 1 fully saturated rings. The fourth-order valence-electron chi connectivity index (χ4n) is 2.04. The van der Waals surface area contributed by atoms with Crippen LogP contribution < -0.4 is 10.9 Å². The Morgan fingerprint density at radius 2 is 1.80 bits per heavy atom. The van der Waals surface area contributed by atoms with Crippen molar-refractivity contribution in [3.63, 3.8) is 0 Å². The lowest BCUT2D eigenvalue weighted by atomic mass is 9.80. The SMILES string of the molecule is CNC(=O)c1cc(C)cnc1B1OC(C)(C)C(C)(C)O1. The summed E-state index contributed by atoms with van der Waals surface area (Å²) in [6.07, 6.45) is 1.72. The zero-order valence-electron chi connectivity index (χ0n) is 12.9. The van der Waals surface area contributed by atoms with Gasteiger partial charge in [0.25, 0.3) is 5.91 Å². The first-order valence-corrected chi connectivity index (χ1v) is 6.72. The van der Waals surface area contributed by atoms with Crippen molar-refractivity contribution >= 4 is 18.6 Å². The van der Waals surface area contributed by atoms with E-state index in [2.05, 4.69) is 10.3 Å². The van der Waals surface area contributed by atoms with Crippen LogP contribution in [0.1, 0.15) is 43.6 Å². The van der Waals surface area contributed by atoms with Crippen LogP contribution >= 0.6 is 0 Å². The summed E-state index contributed by atoms with van der Waals surface area (Å²) in [5, 5.41) is 2.62. The van der Waals surface area contributed by atoms with Gasteiger partial charge in [0.1, 0.15) is 0 Å². The third-order valence-corrected chi connectivity index (χ3v) is 4.00. The number of aromatic nitrogens is 1. The van der Waals surface area contributed by atoms with Crippen molar-refractivity contribution in [2.45, 2.75) is 45.8 Å². The van der Waals surface area contributed by atoms with Crippen molar-refractivity contribution in [3.8, 4) is 0 Å². The highest BCUT2D eigenvalue weighted by molar-refractivity contribution is 6.62. The molecule has 1 N–H and O–H groups in total. The van der Waals surface area contributed by atoms with Crippen LogP contribution in [-0.2, 0) is 9.31 Å². The van der Waals surface area contributed by atoms with Crippen molar-refractivity contribution in [1.29, 1.82) is 0 Å². The second-order valence-corrected chi connectivity index (χ2v) is 6.11. The number of nitrogens with zero attached hydrogens (tertiary/aromatic N) is 1. The highest BCUT2D eigenvalue weighted by Gasteiger charge is 2.53. The summed E-state index contributed by atoms with van der Waals surface area (Å²) in [5.41, 5.74) is 1.03. The first-order valence-electron chi connectivity index (χ1n) is 6.72. The first-order chi connectivity index (χ1) is 9.18. The predicted octanol–water partition coefficient (Wildman–Crippen LogP) is 1.05. The highest BCUT2D eigenvalue weighted by atomic mass is 16.7. The van der Waals surface area contributed by atoms with Crippen LogP contribution in [0, 0.1) is 6.92 Å². The fourth-order valence-corrected chi connectivity index (χ4v) is 2.04. The van der Waals surface area contributed by atoms with E-state index in [1.165, 1.54) is 0 Å². The van der Waals surface area contributed by atoms with Crippen molar-refractivity contribution in [2.24, 2.45) is 0 Å². The summed E-state index contributed by atoms with van der Waals surface area (Å²) < 4.78 is 11.9. The quantitative estimate of drug-likeness (QED) is 0.820. The lowest BCUT2D eigenvalue weighted by Crippen LogP contribution is -2.42. The molecule has 108 valence electrons. The molecule has 1 aliphatic rings. The minimum atomic E-state index is -0.632. The Bertz CT molecular complexity index is 527. The van der Waals surface area contributed by atoms with E-state index in [0.717, 1.165) is 5.56 Å². The van der Waals surface area contributed by atoms with E-state index in [0.29, 0.717) is 11.2 Å². The van der Waals surface area contributed by atoms with Crippen LogP contribution in [0.4, 0.5) is 0 Å². The van der Waals surface area contributed by atoms with Crippen molar-refractivity contribution in [2.75, 3.05) is 7.05 Å². The van der Waals surface area contributed by atoms with Crippen molar-refractivity contribution < 1.29 is 14.1 Å². The van der Waals surface area contributed by atoms with Gasteiger partial charge in [0.05, 0.1) is 22.4 Å². The molecule has 0 aromatic carbocycles. The van der Waals surface area contributed by atoms with Gasteiger partial charge in [-0.25, -0.2) is 0 Å². The number of carbonyl (C=O) groups is 1. The monoisotopic (exact) mass is 276 g/mol. The molecule has 20 heavy (non-hydrogen) atoms. The van der Waals surface area contributed by atoms with Gasteiger partial charge >= 0.3 is 7.12 Å². The van der Waals surface area contributed by atoms with Crippen LogP contribution in [0.25, 0.3) is 0 Å². The average Bonchev–Trinajstić information content (AvgIpc) is 2.57. The standard InChI is InChI=1S/C14H21BN2O3/c1-9-7-10(12(18)16-6)11(17-8-9)15-19-13(2,3)14(4,5)20-15/h7-8H,1-6H3,(H,16,18). The molecule has 0 bridgehead atoms. The Balaban J connectivity index is 2.42. The Morgan fingerprint density at radius 1 is 1.25 bits per heavy atom. The number of carbonyl (C=O) groups excluding carboxylic acids is 1. The van der Waals surface area contributed by atoms with Gasteiger partial charge in [-0.1, -0.05) is 0 Å². The molecule has 0 unspecified atom stereocenters. The minimum absolute atomic E-state index is 0.189. The number of nitrogens with one attached hydrogen (secondary N) is 1. The molecule has 1 aromatic heterocycles. The first kappa shape index (κ1) is 15.0. The maximum absolute atomic E-state index is 12.0. The summed E-state index contributed by atoms with van der Waals surface area (Å²) in [7, 11) is 0.964. The molecule has 1 aliphatic heterocycles. The van der Waals surface area contributed by atoms with Crippen LogP contribution in [0.15, 0.2) is 12.3 Å². The van der Waals surface area contributed by atoms with Gasteiger partial charge in [0, 0.05) is 13.2 Å². The van der Waals surface area contributed by atoms with Gasteiger partial charge in [-0.2, -0.15) is 0 Å². The van der Waals surface area contributed by atoms with Gasteiger partial charge in [0.2, 0.25) is 0 Å². The maximum Gasteiger partial charge on any atom is 0.515 e. The zero-order valence-corrected chi connectivity index (χ0v) is 12.9. The molecule has 6 heteroatoms. The van der Waals surface area contributed by atoms with Crippen LogP contribution in [-0.4, -0.2) is 36.3 Å². The Morgan fingerprint density at radius 3 is 2.30 bits per heavy atom. The number of pyridine rings is 1. The van der Waals surface area contributed by atoms with E-state index in [-0.39, 0.29) is 5.91 Å². The third kappa shape index (κ3) is 2.45. The van der Waals surface area contributed by atoms with Gasteiger partial charge in [-0.3, -0.25) is 9.78 Å². The largest absolute Gasteiger partial charge is 0.515 e. The molecular formula is C14H21BN2O3. The van der Waals surface area contributed by atoms with Crippen molar-refractivity contribution in [1.82, 2.24) is 10.3 Å². The van der Waals surface area contributed by atoms with Crippen LogP contribution in [0.3, 0.4) is 0 Å². The topological polar surface area (TPSA) is 60.5 Å². The molecule has 1 saturated heterocycles. The molecule has 1 amide bonds. The molecule has 0 atom stereocenters. The third-order valence-electron chi connectivity index (χ3n) is 4.00. The summed E-state index contributed by atoms with van der Waals surface area (Å²) >= 11 is 0. The lowest BCUT2D eigenvalue weighted by molar-refractivity contribution is 0.00578. The second-order valence-electron chi connectivity index (χ2n) is 6.11. The number of hydrogen-bond acceptors (Lipinski definition) is 4. The lowest BCUT2D eigenvalue weighted by Gasteiger charge is -2.32. The van der Waals surface area contributed by atoms with E-state index >= 15 is 0 Å². The zero-order chi connectivity index (χ0) is 15.1. The molecule has 0 spiro atoms. The smallest absolute Gasteiger partial charge is 0.398 e. The number of aryl methyl sites for hydroxylation is 1. The summed E-state index contributed by atoms with van der Waals surface area (Å²) in [6.45, 7) is 9.79. The summed E-state index contributed by atoms with van der Waals surface area (Å²) in [5.74, 6) is -0.189. The predicted molar refractivity (Wildman–Crippen MR) is 78.1 cm³/mol. The Hall–Kier alpha value is -1.40. The van der Waals surface area contributed by atoms with Crippen LogP contribution in [0.5, 0.6) is 0 Å². The number of rotatable bonds is 2. The van der Waals surface area contributed by atoms with E-state index in [4.69, 9.17) is 9.31 Å². The molecule has 0 aliphatic carbocycles. The van der Waals surface area contributed by atoms with Crippen LogP contribution in [0.2, 0.25) is 0 Å². The van der Waals surface area contributed by atoms with Gasteiger partial charge < -0.3 is 14.6 Å².